The van der Waals surface area contributed by atoms with Crippen molar-refractivity contribution in [1.29, 1.82) is 0 Å². The van der Waals surface area contributed by atoms with Gasteiger partial charge in [-0.2, -0.15) is 0 Å². The number of benzene rings is 1. The molecule has 0 aromatic heterocycles. The molecule has 0 spiro atoms. The molecular weight excluding hydrogens is 268 g/mol. The lowest BCUT2D eigenvalue weighted by Crippen LogP contribution is -2.47. The summed E-state index contributed by atoms with van der Waals surface area (Å²) in [5.74, 6) is -0.325. The van der Waals surface area contributed by atoms with Crippen LogP contribution >= 0.6 is 15.9 Å². The van der Waals surface area contributed by atoms with E-state index in [2.05, 4.69) is 21.2 Å². The normalized spacial score (nSPS) is 14.2. The zero-order valence-corrected chi connectivity index (χ0v) is 11.2. The molecule has 0 aliphatic carbocycles. The zero-order chi connectivity index (χ0) is 12.2. The molecule has 1 aromatic carbocycles. The molecule has 16 heavy (non-hydrogen) atoms. The number of rotatable bonds is 5. The second-order valence-corrected chi connectivity index (χ2v) is 5.00. The van der Waals surface area contributed by atoms with Crippen LogP contribution in [0.5, 0.6) is 0 Å². The van der Waals surface area contributed by atoms with Gasteiger partial charge in [-0.25, -0.2) is 0 Å². The van der Waals surface area contributed by atoms with Gasteiger partial charge < -0.3 is 11.1 Å². The van der Waals surface area contributed by atoms with E-state index in [-0.39, 0.29) is 5.91 Å². The maximum absolute atomic E-state index is 11.4. The van der Waals surface area contributed by atoms with Gasteiger partial charge in [0.15, 0.2) is 0 Å². The number of carbonyl (C=O) groups excluding carboxylic acids is 1. The molecule has 1 rings (SSSR count). The minimum Gasteiger partial charge on any atom is -0.371 e. The van der Waals surface area contributed by atoms with Crippen LogP contribution in [-0.2, 0) is 4.79 Å². The molecule has 0 radical (unpaired) electrons. The molecule has 0 fully saturated rings. The van der Waals surface area contributed by atoms with Crippen LogP contribution < -0.4 is 11.1 Å². The first-order valence-corrected chi connectivity index (χ1v) is 6.11. The molecule has 3 N–H and O–H groups in total. The highest BCUT2D eigenvalue weighted by atomic mass is 79.9. The van der Waals surface area contributed by atoms with Crippen LogP contribution in [0.2, 0.25) is 0 Å². The third-order valence-corrected chi connectivity index (χ3v) is 3.03. The Morgan fingerprint density at radius 3 is 2.75 bits per heavy atom. The average molecular weight is 285 g/mol. The summed E-state index contributed by atoms with van der Waals surface area (Å²) >= 11 is 3.39. The van der Waals surface area contributed by atoms with Crippen LogP contribution in [0.1, 0.15) is 26.7 Å². The van der Waals surface area contributed by atoms with Crippen molar-refractivity contribution in [3.8, 4) is 0 Å². The lowest BCUT2D eigenvalue weighted by molar-refractivity contribution is -0.122. The molecule has 88 valence electrons. The highest BCUT2D eigenvalue weighted by Crippen LogP contribution is 2.22. The topological polar surface area (TPSA) is 55.1 Å². The van der Waals surface area contributed by atoms with Gasteiger partial charge in [0.2, 0.25) is 5.91 Å². The molecule has 0 aliphatic rings. The highest BCUT2D eigenvalue weighted by Gasteiger charge is 2.29. The van der Waals surface area contributed by atoms with Crippen LogP contribution in [0, 0.1) is 0 Å². The van der Waals surface area contributed by atoms with Gasteiger partial charge in [-0.05, 0) is 31.5 Å². The number of carbonyl (C=O) groups is 1. The molecule has 0 saturated carbocycles. The van der Waals surface area contributed by atoms with Crippen molar-refractivity contribution < 1.29 is 4.79 Å². The molecular formula is C12H17BrN2O. The first-order valence-electron chi connectivity index (χ1n) is 5.31. The van der Waals surface area contributed by atoms with Gasteiger partial charge in [0.1, 0.15) is 5.54 Å². The van der Waals surface area contributed by atoms with Gasteiger partial charge in [-0.3, -0.25) is 4.79 Å². The van der Waals surface area contributed by atoms with E-state index < -0.39 is 5.54 Å². The molecule has 4 heteroatoms. The number of primary amides is 1. The summed E-state index contributed by atoms with van der Waals surface area (Å²) < 4.78 is 0.973. The van der Waals surface area contributed by atoms with Crippen molar-refractivity contribution in [3.05, 3.63) is 28.7 Å². The van der Waals surface area contributed by atoms with Crippen molar-refractivity contribution >= 4 is 27.5 Å². The Kier molecular flexibility index (Phi) is 4.35. The number of hydrogen-bond acceptors (Lipinski definition) is 2. The number of halogens is 1. The van der Waals surface area contributed by atoms with Crippen LogP contribution in [0.15, 0.2) is 28.7 Å². The molecule has 0 bridgehead atoms. The Balaban J connectivity index is 2.87. The van der Waals surface area contributed by atoms with Gasteiger partial charge in [0.25, 0.3) is 0 Å². The maximum atomic E-state index is 11.4. The van der Waals surface area contributed by atoms with Gasteiger partial charge in [-0.15, -0.1) is 0 Å². The largest absolute Gasteiger partial charge is 0.371 e. The minimum absolute atomic E-state index is 0.325. The second-order valence-electron chi connectivity index (χ2n) is 4.08. The molecule has 1 amide bonds. The molecule has 3 nitrogen and oxygen atoms in total. The fourth-order valence-electron chi connectivity index (χ4n) is 1.63. The smallest absolute Gasteiger partial charge is 0.242 e. The lowest BCUT2D eigenvalue weighted by Gasteiger charge is -2.28. The van der Waals surface area contributed by atoms with E-state index in [1.54, 1.807) is 0 Å². The van der Waals surface area contributed by atoms with Crippen molar-refractivity contribution in [2.75, 3.05) is 5.32 Å². The van der Waals surface area contributed by atoms with Gasteiger partial charge >= 0.3 is 0 Å². The summed E-state index contributed by atoms with van der Waals surface area (Å²) in [6.07, 6.45) is 1.62. The van der Waals surface area contributed by atoms with Gasteiger partial charge in [0.05, 0.1) is 0 Å². The Labute approximate surface area is 105 Å². The number of amides is 1. The summed E-state index contributed by atoms with van der Waals surface area (Å²) in [7, 11) is 0. The average Bonchev–Trinajstić information content (AvgIpc) is 2.17. The lowest BCUT2D eigenvalue weighted by atomic mass is 9.95. The summed E-state index contributed by atoms with van der Waals surface area (Å²) in [5.41, 5.74) is 5.64. The van der Waals surface area contributed by atoms with Crippen molar-refractivity contribution in [1.82, 2.24) is 0 Å². The molecule has 0 aliphatic heterocycles. The molecule has 1 aromatic rings. The third-order valence-electron chi connectivity index (χ3n) is 2.54. The Morgan fingerprint density at radius 1 is 1.56 bits per heavy atom. The minimum atomic E-state index is -0.685. The van der Waals surface area contributed by atoms with E-state index in [1.165, 1.54) is 0 Å². The zero-order valence-electron chi connectivity index (χ0n) is 9.59. The van der Waals surface area contributed by atoms with E-state index in [4.69, 9.17) is 5.73 Å². The number of nitrogens with one attached hydrogen (secondary N) is 1. The van der Waals surface area contributed by atoms with E-state index in [0.29, 0.717) is 0 Å². The van der Waals surface area contributed by atoms with Crippen LogP contribution in [0.25, 0.3) is 0 Å². The molecule has 0 saturated heterocycles. The van der Waals surface area contributed by atoms with Crippen molar-refractivity contribution in [2.24, 2.45) is 5.73 Å². The number of hydrogen-bond donors (Lipinski definition) is 2. The SMILES string of the molecule is CCCC(C)(Nc1cccc(Br)c1)C(N)=O. The first kappa shape index (κ1) is 13.0. The van der Waals surface area contributed by atoms with Gasteiger partial charge in [0, 0.05) is 10.2 Å². The Hall–Kier alpha value is -1.03. The van der Waals surface area contributed by atoms with Crippen LogP contribution in [0.4, 0.5) is 5.69 Å². The monoisotopic (exact) mass is 284 g/mol. The maximum Gasteiger partial charge on any atom is 0.242 e. The first-order chi connectivity index (χ1) is 7.48. The van der Waals surface area contributed by atoms with Crippen LogP contribution in [0.3, 0.4) is 0 Å². The standard InChI is InChI=1S/C12H17BrN2O/c1-3-7-12(2,11(14)16)15-10-6-4-5-9(13)8-10/h4-6,8,15H,3,7H2,1-2H3,(H2,14,16). The number of anilines is 1. The van der Waals surface area contributed by atoms with E-state index in [9.17, 15) is 4.79 Å². The van der Waals surface area contributed by atoms with Gasteiger partial charge in [-0.1, -0.05) is 35.3 Å². The predicted octanol–water partition coefficient (Wildman–Crippen LogP) is 2.91. The van der Waals surface area contributed by atoms with E-state index in [1.807, 2.05) is 38.1 Å². The highest BCUT2D eigenvalue weighted by molar-refractivity contribution is 9.10. The summed E-state index contributed by atoms with van der Waals surface area (Å²) in [4.78, 5) is 11.4. The quantitative estimate of drug-likeness (QED) is 0.874. The van der Waals surface area contributed by atoms with Crippen molar-refractivity contribution in [3.63, 3.8) is 0 Å². The van der Waals surface area contributed by atoms with E-state index >= 15 is 0 Å². The second kappa shape index (κ2) is 5.34. The van der Waals surface area contributed by atoms with Crippen LogP contribution in [-0.4, -0.2) is 11.4 Å². The van der Waals surface area contributed by atoms with E-state index in [0.717, 1.165) is 23.0 Å². The third kappa shape index (κ3) is 3.23. The fraction of sp³-hybridized carbons (Fsp3) is 0.417. The Morgan fingerprint density at radius 2 is 2.25 bits per heavy atom. The predicted molar refractivity (Wildman–Crippen MR) is 70.3 cm³/mol. The fourth-order valence-corrected chi connectivity index (χ4v) is 2.03. The Bertz CT molecular complexity index is 381. The summed E-state index contributed by atoms with van der Waals surface area (Å²) in [6, 6.07) is 7.70. The van der Waals surface area contributed by atoms with Crippen molar-refractivity contribution in [2.45, 2.75) is 32.2 Å². The molecule has 1 atom stereocenters. The number of nitrogens with two attached hydrogens (primary N) is 1. The summed E-state index contributed by atoms with van der Waals surface area (Å²) in [5, 5.41) is 3.19. The molecule has 0 heterocycles. The molecule has 1 unspecified atom stereocenters. The summed E-state index contributed by atoms with van der Waals surface area (Å²) in [6.45, 7) is 3.86.